The second-order valence-corrected chi connectivity index (χ2v) is 2.40. The maximum atomic E-state index is 5.12. The summed E-state index contributed by atoms with van der Waals surface area (Å²) in [5.74, 6) is 2.54. The first-order chi connectivity index (χ1) is 4.88. The Hall–Kier alpha value is -0.740. The lowest BCUT2D eigenvalue weighted by Gasteiger charge is -1.80. The number of ether oxygens (including phenoxy) is 1. The van der Waals surface area contributed by atoms with Gasteiger partial charge in [0.05, 0.1) is 0 Å². The van der Waals surface area contributed by atoms with Crippen LogP contribution >= 0.6 is 0 Å². The molecule has 2 atom stereocenters. The lowest BCUT2D eigenvalue weighted by Crippen LogP contribution is -1.83. The second kappa shape index (κ2) is 3.43. The van der Waals surface area contributed by atoms with Crippen LogP contribution < -0.4 is 0 Å². The van der Waals surface area contributed by atoms with Crippen molar-refractivity contribution >= 4 is 0 Å². The van der Waals surface area contributed by atoms with Crippen molar-refractivity contribution in [3.05, 3.63) is 12.2 Å². The largest absolute Gasteiger partial charge is 0.351 e. The van der Waals surface area contributed by atoms with Crippen LogP contribution in [0, 0.1) is 12.3 Å². The first-order valence-electron chi connectivity index (χ1n) is 3.66. The normalized spacial score (nSPS) is 30.4. The third kappa shape index (κ3) is 1.89. The number of allylic oxidation sites excluding steroid dienone is 1. The van der Waals surface area contributed by atoms with Gasteiger partial charge in [0.25, 0.3) is 0 Å². The highest BCUT2D eigenvalue weighted by molar-refractivity contribution is 5.15. The predicted octanol–water partition coefficient (Wildman–Crippen LogP) is 1.74. The average molecular weight is 136 g/mol. The van der Waals surface area contributed by atoms with E-state index in [4.69, 9.17) is 11.2 Å². The molecule has 0 aromatic rings. The maximum absolute atomic E-state index is 5.12. The van der Waals surface area contributed by atoms with E-state index in [9.17, 15) is 0 Å². The quantitative estimate of drug-likeness (QED) is 0.327. The van der Waals surface area contributed by atoms with Gasteiger partial charge in [0.2, 0.25) is 0 Å². The van der Waals surface area contributed by atoms with Crippen LogP contribution in [-0.2, 0) is 4.74 Å². The van der Waals surface area contributed by atoms with E-state index in [1.54, 1.807) is 0 Å². The molecule has 0 aliphatic carbocycles. The molecule has 1 nitrogen and oxygen atoms in total. The molecule has 0 aromatic carbocycles. The third-order valence-corrected chi connectivity index (χ3v) is 1.47. The van der Waals surface area contributed by atoms with E-state index in [0.717, 1.165) is 6.42 Å². The van der Waals surface area contributed by atoms with Crippen LogP contribution in [0.5, 0.6) is 0 Å². The second-order valence-electron chi connectivity index (χ2n) is 2.40. The zero-order valence-corrected chi connectivity index (χ0v) is 6.21. The standard InChI is InChI=1S/C9H12O/c1-3-5-6-7-9-8(4-2)10-9/h2,6-9H,3,5H2,1H3/b7-6+/t8-,9-/m1/s1. The van der Waals surface area contributed by atoms with E-state index in [1.165, 1.54) is 6.42 Å². The summed E-state index contributed by atoms with van der Waals surface area (Å²) in [5.41, 5.74) is 0. The molecule has 0 N–H and O–H groups in total. The van der Waals surface area contributed by atoms with Crippen molar-refractivity contribution in [2.75, 3.05) is 0 Å². The van der Waals surface area contributed by atoms with Gasteiger partial charge in [-0.1, -0.05) is 31.4 Å². The van der Waals surface area contributed by atoms with Gasteiger partial charge >= 0.3 is 0 Å². The molecule has 0 amide bonds. The summed E-state index contributed by atoms with van der Waals surface area (Å²) in [6.45, 7) is 2.15. The molecule has 10 heavy (non-hydrogen) atoms. The lowest BCUT2D eigenvalue weighted by molar-refractivity contribution is 0.417. The minimum Gasteiger partial charge on any atom is -0.351 e. The van der Waals surface area contributed by atoms with Crippen molar-refractivity contribution in [3.8, 4) is 12.3 Å². The van der Waals surface area contributed by atoms with E-state index < -0.39 is 0 Å². The first-order valence-corrected chi connectivity index (χ1v) is 3.66. The molecule has 1 fully saturated rings. The Morgan fingerprint density at radius 1 is 1.70 bits per heavy atom. The molecule has 1 saturated heterocycles. The molecule has 0 radical (unpaired) electrons. The summed E-state index contributed by atoms with van der Waals surface area (Å²) in [6, 6.07) is 0. The number of hydrogen-bond acceptors (Lipinski definition) is 1. The Balaban J connectivity index is 2.12. The smallest absolute Gasteiger partial charge is 0.148 e. The van der Waals surface area contributed by atoms with Gasteiger partial charge in [-0.2, -0.15) is 0 Å². The molecule has 1 rings (SSSR count). The monoisotopic (exact) mass is 136 g/mol. The summed E-state index contributed by atoms with van der Waals surface area (Å²) in [6.07, 6.45) is 11.9. The number of epoxide rings is 1. The number of hydrogen-bond donors (Lipinski definition) is 0. The van der Waals surface area contributed by atoms with Crippen LogP contribution in [-0.4, -0.2) is 12.2 Å². The molecule has 1 heterocycles. The zero-order chi connectivity index (χ0) is 7.40. The summed E-state index contributed by atoms with van der Waals surface area (Å²) in [5, 5.41) is 0. The van der Waals surface area contributed by atoms with Crippen LogP contribution in [0.15, 0.2) is 12.2 Å². The molecule has 54 valence electrons. The number of unbranched alkanes of at least 4 members (excludes halogenated alkanes) is 1. The van der Waals surface area contributed by atoms with Gasteiger partial charge in [0.15, 0.2) is 0 Å². The molecular formula is C9H12O. The molecule has 0 spiro atoms. The highest BCUT2D eigenvalue weighted by Crippen LogP contribution is 2.22. The first kappa shape index (κ1) is 7.37. The minimum absolute atomic E-state index is 0.0631. The Bertz CT molecular complexity index is 164. The summed E-state index contributed by atoms with van der Waals surface area (Å²) >= 11 is 0. The van der Waals surface area contributed by atoms with Gasteiger partial charge in [0, 0.05) is 0 Å². The minimum atomic E-state index is 0.0631. The highest BCUT2D eigenvalue weighted by atomic mass is 16.6. The molecule has 0 saturated carbocycles. The summed E-state index contributed by atoms with van der Waals surface area (Å²) in [7, 11) is 0. The molecular weight excluding hydrogens is 124 g/mol. The van der Waals surface area contributed by atoms with Crippen LogP contribution in [0.3, 0.4) is 0 Å². The van der Waals surface area contributed by atoms with Gasteiger partial charge in [-0.3, -0.25) is 0 Å². The Morgan fingerprint density at radius 3 is 3.00 bits per heavy atom. The van der Waals surface area contributed by atoms with Gasteiger partial charge in [-0.25, -0.2) is 0 Å². The SMILES string of the molecule is C#C[C@H]1O[C@@H]1/C=C/CCC. The lowest BCUT2D eigenvalue weighted by atomic mass is 10.2. The van der Waals surface area contributed by atoms with Crippen LogP contribution in [0.4, 0.5) is 0 Å². The maximum Gasteiger partial charge on any atom is 0.148 e. The summed E-state index contributed by atoms with van der Waals surface area (Å²) < 4.78 is 5.09. The van der Waals surface area contributed by atoms with Crippen molar-refractivity contribution in [2.24, 2.45) is 0 Å². The Kier molecular flexibility index (Phi) is 2.53. The van der Waals surface area contributed by atoms with Gasteiger partial charge < -0.3 is 4.74 Å². The van der Waals surface area contributed by atoms with Crippen LogP contribution in [0.2, 0.25) is 0 Å². The molecule has 0 unspecified atom stereocenters. The van der Waals surface area contributed by atoms with E-state index in [1.807, 2.05) is 6.08 Å². The Labute approximate surface area is 62.1 Å². The van der Waals surface area contributed by atoms with E-state index in [0.29, 0.717) is 0 Å². The van der Waals surface area contributed by atoms with Crippen molar-refractivity contribution in [2.45, 2.75) is 32.0 Å². The van der Waals surface area contributed by atoms with Gasteiger partial charge in [-0.15, -0.1) is 6.42 Å². The van der Waals surface area contributed by atoms with Crippen molar-refractivity contribution in [1.29, 1.82) is 0 Å². The molecule has 1 aliphatic heterocycles. The molecule has 1 aliphatic rings. The number of rotatable bonds is 3. The third-order valence-electron chi connectivity index (χ3n) is 1.47. The Morgan fingerprint density at radius 2 is 2.50 bits per heavy atom. The van der Waals surface area contributed by atoms with Crippen LogP contribution in [0.1, 0.15) is 19.8 Å². The van der Waals surface area contributed by atoms with E-state index in [-0.39, 0.29) is 12.2 Å². The van der Waals surface area contributed by atoms with Crippen molar-refractivity contribution in [3.63, 3.8) is 0 Å². The fourth-order valence-corrected chi connectivity index (χ4v) is 0.801. The van der Waals surface area contributed by atoms with E-state index >= 15 is 0 Å². The molecule has 0 bridgehead atoms. The van der Waals surface area contributed by atoms with Gasteiger partial charge in [-0.05, 0) is 6.42 Å². The average Bonchev–Trinajstić information content (AvgIpc) is 2.68. The van der Waals surface area contributed by atoms with Crippen LogP contribution in [0.25, 0.3) is 0 Å². The van der Waals surface area contributed by atoms with Gasteiger partial charge in [0.1, 0.15) is 12.2 Å². The predicted molar refractivity (Wildman–Crippen MR) is 41.5 cm³/mol. The highest BCUT2D eigenvalue weighted by Gasteiger charge is 2.33. The van der Waals surface area contributed by atoms with Crippen molar-refractivity contribution < 1.29 is 4.74 Å². The fourth-order valence-electron chi connectivity index (χ4n) is 0.801. The van der Waals surface area contributed by atoms with Crippen molar-refractivity contribution in [1.82, 2.24) is 0 Å². The topological polar surface area (TPSA) is 12.5 Å². The zero-order valence-electron chi connectivity index (χ0n) is 6.21. The summed E-state index contributed by atoms with van der Waals surface area (Å²) in [4.78, 5) is 0. The van der Waals surface area contributed by atoms with E-state index in [2.05, 4.69) is 18.9 Å². The number of terminal acetylenes is 1. The molecule has 0 aromatic heterocycles. The fraction of sp³-hybridized carbons (Fsp3) is 0.556. The molecule has 1 heteroatoms.